The van der Waals surface area contributed by atoms with Gasteiger partial charge in [-0.3, -0.25) is 0 Å². The van der Waals surface area contributed by atoms with Crippen LogP contribution >= 0.6 is 0 Å². The number of aliphatic hydroxyl groups is 1. The minimum atomic E-state index is -2.84. The number of esters is 1. The first kappa shape index (κ1) is 15.4. The van der Waals surface area contributed by atoms with Gasteiger partial charge in [-0.1, -0.05) is 30.3 Å². The fourth-order valence-corrected chi connectivity index (χ4v) is 3.11. The standard InChI is InChI=1S/C16H19F2NO3/c17-15(18)7-6-12(8-15)16(21,11-4-2-1-3-5-11)14(20)22-13-9-19-10-13/h1-5,12-13,19,21H,6-10H2/t12-,16+/m1/s1. The molecule has 0 radical (unpaired) electrons. The van der Waals surface area contributed by atoms with Crippen LogP contribution < -0.4 is 5.32 Å². The van der Waals surface area contributed by atoms with Gasteiger partial charge in [-0.2, -0.15) is 0 Å². The lowest BCUT2D eigenvalue weighted by Crippen LogP contribution is -2.53. The first-order valence-corrected chi connectivity index (χ1v) is 7.49. The number of nitrogens with one attached hydrogen (secondary N) is 1. The van der Waals surface area contributed by atoms with Gasteiger partial charge in [-0.25, -0.2) is 13.6 Å². The predicted octanol–water partition coefficient (Wildman–Crippen LogP) is 1.82. The van der Waals surface area contributed by atoms with Crippen molar-refractivity contribution < 1.29 is 23.4 Å². The monoisotopic (exact) mass is 311 g/mol. The zero-order valence-electron chi connectivity index (χ0n) is 12.1. The number of carbonyl (C=O) groups is 1. The lowest BCUT2D eigenvalue weighted by molar-refractivity contribution is -0.182. The summed E-state index contributed by atoms with van der Waals surface area (Å²) in [5.74, 6) is -4.51. The molecule has 120 valence electrons. The maximum Gasteiger partial charge on any atom is 0.343 e. The number of carbonyl (C=O) groups excluding carboxylic acids is 1. The predicted molar refractivity (Wildman–Crippen MR) is 75.4 cm³/mol. The molecule has 0 amide bonds. The zero-order valence-corrected chi connectivity index (χ0v) is 12.1. The highest BCUT2D eigenvalue weighted by Gasteiger charge is 2.54. The van der Waals surface area contributed by atoms with Crippen molar-refractivity contribution in [3.8, 4) is 0 Å². The fourth-order valence-electron chi connectivity index (χ4n) is 3.11. The van der Waals surface area contributed by atoms with E-state index >= 15 is 0 Å². The van der Waals surface area contributed by atoms with Crippen LogP contribution in [0, 0.1) is 5.92 Å². The smallest absolute Gasteiger partial charge is 0.343 e. The van der Waals surface area contributed by atoms with E-state index in [1.54, 1.807) is 30.3 Å². The van der Waals surface area contributed by atoms with E-state index in [-0.39, 0.29) is 18.9 Å². The molecule has 2 atom stereocenters. The number of benzene rings is 1. The van der Waals surface area contributed by atoms with Gasteiger partial charge >= 0.3 is 5.97 Å². The van der Waals surface area contributed by atoms with Crippen molar-refractivity contribution >= 4 is 5.97 Å². The Morgan fingerprint density at radius 1 is 1.32 bits per heavy atom. The molecule has 0 spiro atoms. The van der Waals surface area contributed by atoms with Crippen molar-refractivity contribution in [2.75, 3.05) is 13.1 Å². The van der Waals surface area contributed by atoms with E-state index < -0.39 is 29.8 Å². The van der Waals surface area contributed by atoms with Gasteiger partial charge in [0.15, 0.2) is 5.60 Å². The summed E-state index contributed by atoms with van der Waals surface area (Å²) in [6.45, 7) is 1.05. The highest BCUT2D eigenvalue weighted by molar-refractivity contribution is 5.82. The molecule has 0 unspecified atom stereocenters. The van der Waals surface area contributed by atoms with Gasteiger partial charge in [0.1, 0.15) is 6.10 Å². The molecule has 1 aliphatic heterocycles. The Kier molecular flexibility index (Phi) is 3.91. The minimum Gasteiger partial charge on any atom is -0.457 e. The first-order valence-electron chi connectivity index (χ1n) is 7.49. The zero-order chi connectivity index (χ0) is 15.8. The van der Waals surface area contributed by atoms with E-state index in [0.717, 1.165) is 0 Å². The van der Waals surface area contributed by atoms with Crippen LogP contribution in [0.2, 0.25) is 0 Å². The van der Waals surface area contributed by atoms with E-state index in [9.17, 15) is 18.7 Å². The molecule has 0 aromatic heterocycles. The normalized spacial score (nSPS) is 27.0. The lowest BCUT2D eigenvalue weighted by atomic mass is 9.80. The molecule has 2 aliphatic rings. The second-order valence-electron chi connectivity index (χ2n) is 6.11. The van der Waals surface area contributed by atoms with Gasteiger partial charge in [-0.15, -0.1) is 0 Å². The van der Waals surface area contributed by atoms with Crippen molar-refractivity contribution in [1.82, 2.24) is 5.32 Å². The summed E-state index contributed by atoms with van der Waals surface area (Å²) in [7, 11) is 0. The molecule has 0 bridgehead atoms. The van der Waals surface area contributed by atoms with E-state index in [0.29, 0.717) is 18.7 Å². The topological polar surface area (TPSA) is 58.6 Å². The van der Waals surface area contributed by atoms with Crippen molar-refractivity contribution in [3.05, 3.63) is 35.9 Å². The number of halogens is 2. The first-order chi connectivity index (χ1) is 10.4. The van der Waals surface area contributed by atoms with Crippen molar-refractivity contribution in [3.63, 3.8) is 0 Å². The van der Waals surface area contributed by atoms with Crippen LogP contribution in [0.25, 0.3) is 0 Å². The highest BCUT2D eigenvalue weighted by atomic mass is 19.3. The summed E-state index contributed by atoms with van der Waals surface area (Å²) in [4.78, 5) is 12.5. The van der Waals surface area contributed by atoms with Crippen LogP contribution in [0.15, 0.2) is 30.3 Å². The van der Waals surface area contributed by atoms with Gasteiger partial charge in [-0.05, 0) is 12.0 Å². The Morgan fingerprint density at radius 2 is 2.00 bits per heavy atom. The van der Waals surface area contributed by atoms with E-state index in [1.807, 2.05) is 0 Å². The minimum absolute atomic E-state index is 0.0937. The molecule has 2 fully saturated rings. The second-order valence-corrected chi connectivity index (χ2v) is 6.11. The van der Waals surface area contributed by atoms with Gasteiger partial charge in [0, 0.05) is 31.8 Å². The summed E-state index contributed by atoms with van der Waals surface area (Å²) in [5, 5.41) is 14.0. The summed E-state index contributed by atoms with van der Waals surface area (Å²) in [6, 6.07) is 8.25. The maximum absolute atomic E-state index is 13.6. The largest absolute Gasteiger partial charge is 0.457 e. The third-order valence-corrected chi connectivity index (χ3v) is 4.54. The molecular formula is C16H19F2NO3. The van der Waals surface area contributed by atoms with Crippen LogP contribution in [0.1, 0.15) is 24.8 Å². The number of ether oxygens (including phenoxy) is 1. The van der Waals surface area contributed by atoms with Crippen LogP contribution in [-0.2, 0) is 15.1 Å². The average molecular weight is 311 g/mol. The highest BCUT2D eigenvalue weighted by Crippen LogP contribution is 2.48. The van der Waals surface area contributed by atoms with Crippen LogP contribution in [-0.4, -0.2) is 36.2 Å². The molecule has 1 aromatic carbocycles. The van der Waals surface area contributed by atoms with Gasteiger partial charge in [0.2, 0.25) is 5.92 Å². The van der Waals surface area contributed by atoms with Crippen LogP contribution in [0.5, 0.6) is 0 Å². The van der Waals surface area contributed by atoms with Gasteiger partial charge in [0.25, 0.3) is 0 Å². The molecule has 6 heteroatoms. The van der Waals surface area contributed by atoms with E-state index in [1.165, 1.54) is 0 Å². The van der Waals surface area contributed by atoms with Crippen molar-refractivity contribution in [2.24, 2.45) is 5.92 Å². The molecule has 1 heterocycles. The van der Waals surface area contributed by atoms with Gasteiger partial charge < -0.3 is 15.2 Å². The average Bonchev–Trinajstić information content (AvgIpc) is 2.83. The third kappa shape index (κ3) is 2.73. The molecule has 1 saturated heterocycles. The molecule has 1 aromatic rings. The number of hydrogen-bond donors (Lipinski definition) is 2. The third-order valence-electron chi connectivity index (χ3n) is 4.54. The van der Waals surface area contributed by atoms with Crippen LogP contribution in [0.3, 0.4) is 0 Å². The number of hydrogen-bond acceptors (Lipinski definition) is 4. The quantitative estimate of drug-likeness (QED) is 0.833. The molecular weight excluding hydrogens is 292 g/mol. The Labute approximate surface area is 127 Å². The molecule has 3 rings (SSSR count). The summed E-state index contributed by atoms with van der Waals surface area (Å²) < 4.78 is 32.4. The Balaban J connectivity index is 1.89. The molecule has 2 N–H and O–H groups in total. The molecule has 1 saturated carbocycles. The van der Waals surface area contributed by atoms with Crippen molar-refractivity contribution in [2.45, 2.75) is 36.9 Å². The fraction of sp³-hybridized carbons (Fsp3) is 0.562. The Morgan fingerprint density at radius 3 is 2.50 bits per heavy atom. The van der Waals surface area contributed by atoms with Crippen LogP contribution in [0.4, 0.5) is 8.78 Å². The summed E-state index contributed by atoms with van der Waals surface area (Å²) in [5.41, 5.74) is -1.70. The summed E-state index contributed by atoms with van der Waals surface area (Å²) >= 11 is 0. The van der Waals surface area contributed by atoms with E-state index in [4.69, 9.17) is 4.74 Å². The van der Waals surface area contributed by atoms with Gasteiger partial charge in [0.05, 0.1) is 0 Å². The van der Waals surface area contributed by atoms with E-state index in [2.05, 4.69) is 5.32 Å². The number of rotatable bonds is 4. The lowest BCUT2D eigenvalue weighted by Gasteiger charge is -2.35. The molecule has 4 nitrogen and oxygen atoms in total. The molecule has 22 heavy (non-hydrogen) atoms. The Bertz CT molecular complexity index is 548. The SMILES string of the molecule is O=C(OC1CNC1)[C@](O)(c1ccccc1)[C@@H]1CCC(F)(F)C1. The molecule has 1 aliphatic carbocycles. The maximum atomic E-state index is 13.6. The van der Waals surface area contributed by atoms with Crippen molar-refractivity contribution in [1.29, 1.82) is 0 Å². The second kappa shape index (κ2) is 5.59. The summed E-state index contributed by atoms with van der Waals surface area (Å²) in [6.07, 6.45) is -1.03. The number of alkyl halides is 2. The Hall–Kier alpha value is -1.53.